The second-order valence-corrected chi connectivity index (χ2v) is 5.01. The standard InChI is InChI=1S/C12H13BrClNO/c1-2-3-8-9-4-7(14)5-10(13)12(9)16-11(8)6-15/h4-5H,2-3,6,15H2,1H3. The smallest absolute Gasteiger partial charge is 0.148 e. The van der Waals surface area contributed by atoms with Crippen molar-refractivity contribution in [2.75, 3.05) is 0 Å². The van der Waals surface area contributed by atoms with E-state index in [1.54, 1.807) is 0 Å². The Morgan fingerprint density at radius 1 is 1.44 bits per heavy atom. The highest BCUT2D eigenvalue weighted by molar-refractivity contribution is 9.10. The van der Waals surface area contributed by atoms with Gasteiger partial charge in [-0.2, -0.15) is 0 Å². The van der Waals surface area contributed by atoms with Gasteiger partial charge < -0.3 is 10.2 Å². The predicted molar refractivity (Wildman–Crippen MR) is 70.8 cm³/mol. The van der Waals surface area contributed by atoms with Gasteiger partial charge in [0.1, 0.15) is 11.3 Å². The van der Waals surface area contributed by atoms with E-state index in [-0.39, 0.29) is 0 Å². The van der Waals surface area contributed by atoms with E-state index in [0.717, 1.165) is 34.0 Å². The molecule has 0 saturated carbocycles. The Labute approximate surface area is 108 Å². The molecule has 1 heterocycles. The van der Waals surface area contributed by atoms with Crippen molar-refractivity contribution in [2.24, 2.45) is 5.73 Å². The van der Waals surface area contributed by atoms with Crippen molar-refractivity contribution in [2.45, 2.75) is 26.3 Å². The number of halogens is 2. The molecule has 4 heteroatoms. The highest BCUT2D eigenvalue weighted by Gasteiger charge is 2.15. The van der Waals surface area contributed by atoms with Crippen molar-refractivity contribution >= 4 is 38.5 Å². The molecule has 0 aliphatic carbocycles. The Hall–Kier alpha value is -0.510. The van der Waals surface area contributed by atoms with Gasteiger partial charge in [0.2, 0.25) is 0 Å². The van der Waals surface area contributed by atoms with Crippen LogP contribution in [-0.2, 0) is 13.0 Å². The van der Waals surface area contributed by atoms with E-state index in [2.05, 4.69) is 22.9 Å². The van der Waals surface area contributed by atoms with Crippen LogP contribution in [0, 0.1) is 0 Å². The molecular weight excluding hydrogens is 289 g/mol. The van der Waals surface area contributed by atoms with Gasteiger partial charge in [-0.15, -0.1) is 0 Å². The van der Waals surface area contributed by atoms with Crippen LogP contribution >= 0.6 is 27.5 Å². The number of hydrogen-bond acceptors (Lipinski definition) is 2. The minimum atomic E-state index is 0.425. The summed E-state index contributed by atoms with van der Waals surface area (Å²) >= 11 is 9.50. The molecule has 0 bridgehead atoms. The van der Waals surface area contributed by atoms with E-state index in [9.17, 15) is 0 Å². The van der Waals surface area contributed by atoms with Gasteiger partial charge >= 0.3 is 0 Å². The molecule has 16 heavy (non-hydrogen) atoms. The van der Waals surface area contributed by atoms with Crippen LogP contribution < -0.4 is 5.73 Å². The van der Waals surface area contributed by atoms with E-state index in [4.69, 9.17) is 21.8 Å². The van der Waals surface area contributed by atoms with Crippen molar-refractivity contribution in [3.8, 4) is 0 Å². The fourth-order valence-corrected chi connectivity index (χ4v) is 2.80. The van der Waals surface area contributed by atoms with Gasteiger partial charge in [0.15, 0.2) is 0 Å². The molecule has 0 unspecified atom stereocenters. The summed E-state index contributed by atoms with van der Waals surface area (Å²) in [5, 5.41) is 1.78. The molecule has 2 N–H and O–H groups in total. The summed E-state index contributed by atoms with van der Waals surface area (Å²) in [7, 11) is 0. The maximum Gasteiger partial charge on any atom is 0.148 e. The van der Waals surface area contributed by atoms with Gasteiger partial charge in [-0.1, -0.05) is 24.9 Å². The number of furan rings is 1. The average Bonchev–Trinajstić information content (AvgIpc) is 2.58. The summed E-state index contributed by atoms with van der Waals surface area (Å²) in [5.74, 6) is 0.861. The molecule has 2 nitrogen and oxygen atoms in total. The van der Waals surface area contributed by atoms with Crippen LogP contribution in [0.3, 0.4) is 0 Å². The number of hydrogen-bond donors (Lipinski definition) is 1. The fourth-order valence-electron chi connectivity index (χ4n) is 1.91. The van der Waals surface area contributed by atoms with Gasteiger partial charge in [-0.05, 0) is 34.5 Å². The molecule has 2 rings (SSSR count). The van der Waals surface area contributed by atoms with Crippen molar-refractivity contribution in [1.82, 2.24) is 0 Å². The van der Waals surface area contributed by atoms with Crippen molar-refractivity contribution in [3.63, 3.8) is 0 Å². The third kappa shape index (κ3) is 1.99. The number of aryl methyl sites for hydroxylation is 1. The van der Waals surface area contributed by atoms with E-state index < -0.39 is 0 Å². The lowest BCUT2D eigenvalue weighted by molar-refractivity contribution is 0.543. The Bertz CT molecular complexity index is 521. The van der Waals surface area contributed by atoms with Crippen LogP contribution in [0.2, 0.25) is 5.02 Å². The SMILES string of the molecule is CCCc1c(CN)oc2c(Br)cc(Cl)cc12. The zero-order valence-corrected chi connectivity index (χ0v) is 11.4. The summed E-state index contributed by atoms with van der Waals surface area (Å²) in [5.41, 5.74) is 7.72. The maximum atomic E-state index is 6.05. The lowest BCUT2D eigenvalue weighted by atomic mass is 10.1. The van der Waals surface area contributed by atoms with E-state index >= 15 is 0 Å². The number of benzene rings is 1. The lowest BCUT2D eigenvalue weighted by Crippen LogP contribution is -1.98. The molecule has 1 aromatic heterocycles. The highest BCUT2D eigenvalue weighted by atomic mass is 79.9. The van der Waals surface area contributed by atoms with Gasteiger partial charge in [0.05, 0.1) is 11.0 Å². The molecule has 0 radical (unpaired) electrons. The minimum absolute atomic E-state index is 0.425. The monoisotopic (exact) mass is 301 g/mol. The quantitative estimate of drug-likeness (QED) is 0.920. The third-order valence-electron chi connectivity index (χ3n) is 2.58. The molecule has 0 aliphatic rings. The zero-order valence-electron chi connectivity index (χ0n) is 9.02. The highest BCUT2D eigenvalue weighted by Crippen LogP contribution is 2.34. The van der Waals surface area contributed by atoms with Crippen LogP contribution in [0.5, 0.6) is 0 Å². The number of fused-ring (bicyclic) bond motifs is 1. The topological polar surface area (TPSA) is 39.2 Å². The molecular formula is C12H13BrClNO. The van der Waals surface area contributed by atoms with Crippen molar-refractivity contribution in [1.29, 1.82) is 0 Å². The summed E-state index contributed by atoms with van der Waals surface area (Å²) in [6.07, 6.45) is 2.03. The first-order chi connectivity index (χ1) is 7.67. The molecule has 0 spiro atoms. The van der Waals surface area contributed by atoms with E-state index in [1.807, 2.05) is 12.1 Å². The molecule has 2 aromatic rings. The molecule has 0 aliphatic heterocycles. The molecule has 0 saturated heterocycles. The Morgan fingerprint density at radius 3 is 2.81 bits per heavy atom. The predicted octanol–water partition coefficient (Wildman–Crippen LogP) is 4.26. The van der Waals surface area contributed by atoms with Crippen LogP contribution in [0.4, 0.5) is 0 Å². The minimum Gasteiger partial charge on any atom is -0.458 e. The van der Waals surface area contributed by atoms with Gasteiger partial charge in [0, 0.05) is 16.0 Å². The summed E-state index contributed by atoms with van der Waals surface area (Å²) in [4.78, 5) is 0. The van der Waals surface area contributed by atoms with Crippen molar-refractivity contribution < 1.29 is 4.42 Å². The Morgan fingerprint density at radius 2 is 2.19 bits per heavy atom. The van der Waals surface area contributed by atoms with Gasteiger partial charge in [-0.3, -0.25) is 0 Å². The first-order valence-electron chi connectivity index (χ1n) is 5.26. The van der Waals surface area contributed by atoms with E-state index in [0.29, 0.717) is 11.6 Å². The van der Waals surface area contributed by atoms with Crippen LogP contribution in [-0.4, -0.2) is 0 Å². The second kappa shape index (κ2) is 4.78. The molecule has 0 fully saturated rings. The summed E-state index contributed by atoms with van der Waals surface area (Å²) in [6.45, 7) is 2.56. The first-order valence-corrected chi connectivity index (χ1v) is 6.43. The Kier molecular flexibility index (Phi) is 3.57. The third-order valence-corrected chi connectivity index (χ3v) is 3.39. The number of rotatable bonds is 3. The Balaban J connectivity index is 2.73. The van der Waals surface area contributed by atoms with Crippen LogP contribution in [0.25, 0.3) is 11.0 Å². The summed E-state index contributed by atoms with van der Waals surface area (Å²) < 4.78 is 6.64. The molecule has 1 aromatic carbocycles. The van der Waals surface area contributed by atoms with Gasteiger partial charge in [0.25, 0.3) is 0 Å². The van der Waals surface area contributed by atoms with E-state index in [1.165, 1.54) is 5.56 Å². The van der Waals surface area contributed by atoms with Crippen molar-refractivity contribution in [3.05, 3.63) is 33.0 Å². The van der Waals surface area contributed by atoms with Gasteiger partial charge in [-0.25, -0.2) is 0 Å². The fraction of sp³-hybridized carbons (Fsp3) is 0.333. The average molecular weight is 303 g/mol. The normalized spacial score (nSPS) is 11.2. The maximum absolute atomic E-state index is 6.05. The number of nitrogens with two attached hydrogens (primary N) is 1. The summed E-state index contributed by atoms with van der Waals surface area (Å²) in [6, 6.07) is 3.78. The molecule has 86 valence electrons. The zero-order chi connectivity index (χ0) is 11.7. The molecule has 0 atom stereocenters. The molecule has 0 amide bonds. The first kappa shape index (κ1) is 12.0. The van der Waals surface area contributed by atoms with Crippen LogP contribution in [0.15, 0.2) is 21.0 Å². The lowest BCUT2D eigenvalue weighted by Gasteiger charge is -1.98. The largest absolute Gasteiger partial charge is 0.458 e. The second-order valence-electron chi connectivity index (χ2n) is 3.72. The van der Waals surface area contributed by atoms with Crippen LogP contribution in [0.1, 0.15) is 24.7 Å².